The lowest BCUT2D eigenvalue weighted by molar-refractivity contribution is 0.424. The first-order valence-corrected chi connectivity index (χ1v) is 8.74. The Morgan fingerprint density at radius 3 is 2.14 bits per heavy atom. The average Bonchev–Trinajstić information content (AvgIpc) is 2.83. The van der Waals surface area contributed by atoms with Gasteiger partial charge in [0.15, 0.2) is 0 Å². The number of imidazole rings is 1. The van der Waals surface area contributed by atoms with E-state index in [0.717, 1.165) is 6.42 Å². The molecule has 0 bridgehead atoms. The van der Waals surface area contributed by atoms with Crippen molar-refractivity contribution in [2.45, 2.75) is 104 Å². The van der Waals surface area contributed by atoms with Crippen LogP contribution in [0.15, 0.2) is 0 Å². The number of nitrogens with zero attached hydrogens (tertiary/aromatic N) is 1. The van der Waals surface area contributed by atoms with Crippen molar-refractivity contribution in [1.82, 2.24) is 9.97 Å². The highest BCUT2D eigenvalue weighted by Crippen LogP contribution is 2.36. The maximum absolute atomic E-state index is 4.99. The zero-order chi connectivity index (χ0) is 16.3. The van der Waals surface area contributed by atoms with Crippen LogP contribution in [0.3, 0.4) is 0 Å². The molecule has 1 aromatic rings. The molecule has 0 aromatic carbocycles. The van der Waals surface area contributed by atoms with Crippen LogP contribution < -0.4 is 0 Å². The van der Waals surface area contributed by atoms with Gasteiger partial charge in [0.2, 0.25) is 0 Å². The number of nitrogens with one attached hydrogen (secondary N) is 1. The highest BCUT2D eigenvalue weighted by molar-refractivity contribution is 5.29. The first kappa shape index (κ1) is 18.3. The second-order valence-corrected chi connectivity index (χ2v) is 8.25. The minimum atomic E-state index is 0.0968. The van der Waals surface area contributed by atoms with Gasteiger partial charge in [0.05, 0.1) is 5.69 Å². The highest BCUT2D eigenvalue weighted by Gasteiger charge is 2.32. The Morgan fingerprint density at radius 2 is 1.67 bits per heavy atom. The maximum atomic E-state index is 4.99. The molecule has 0 saturated carbocycles. The van der Waals surface area contributed by atoms with E-state index >= 15 is 0 Å². The summed E-state index contributed by atoms with van der Waals surface area (Å²) in [6.07, 6.45) is 6.26. The molecular formula is C19H36N2. The maximum Gasteiger partial charge on any atom is 0.109 e. The normalized spacial score (nSPS) is 14.5. The second kappa shape index (κ2) is 6.98. The van der Waals surface area contributed by atoms with Crippen LogP contribution in [-0.2, 0) is 10.8 Å². The lowest BCUT2D eigenvalue weighted by Crippen LogP contribution is -2.24. The number of H-pyrrole nitrogens is 1. The molecule has 1 N–H and O–H groups in total. The van der Waals surface area contributed by atoms with Crippen molar-refractivity contribution in [3.05, 3.63) is 17.2 Å². The molecule has 2 nitrogen and oxygen atoms in total. The predicted octanol–water partition coefficient (Wildman–Crippen LogP) is 6.08. The van der Waals surface area contributed by atoms with E-state index in [-0.39, 0.29) is 10.8 Å². The van der Waals surface area contributed by atoms with E-state index in [0.29, 0.717) is 5.92 Å². The molecule has 1 unspecified atom stereocenters. The Hall–Kier alpha value is -0.790. The Labute approximate surface area is 132 Å². The van der Waals surface area contributed by atoms with Crippen LogP contribution in [0.25, 0.3) is 0 Å². The fraction of sp³-hybridized carbons (Fsp3) is 0.842. The van der Waals surface area contributed by atoms with E-state index in [1.54, 1.807) is 0 Å². The monoisotopic (exact) mass is 292 g/mol. The molecule has 2 heteroatoms. The van der Waals surface area contributed by atoms with Gasteiger partial charge in [-0.25, -0.2) is 4.98 Å². The summed E-state index contributed by atoms with van der Waals surface area (Å²) in [5.41, 5.74) is 2.90. The van der Waals surface area contributed by atoms with E-state index < -0.39 is 0 Å². The number of hydrogen-bond donors (Lipinski definition) is 1. The summed E-state index contributed by atoms with van der Waals surface area (Å²) in [6, 6.07) is 0. The summed E-state index contributed by atoms with van der Waals surface area (Å²) >= 11 is 0. The molecule has 0 amide bonds. The molecular weight excluding hydrogens is 256 g/mol. The van der Waals surface area contributed by atoms with Crippen molar-refractivity contribution in [2.24, 2.45) is 0 Å². The van der Waals surface area contributed by atoms with Gasteiger partial charge < -0.3 is 4.98 Å². The Kier molecular flexibility index (Phi) is 6.07. The van der Waals surface area contributed by atoms with E-state index in [9.17, 15) is 0 Å². The van der Waals surface area contributed by atoms with Gasteiger partial charge in [-0.15, -0.1) is 0 Å². The van der Waals surface area contributed by atoms with E-state index in [1.165, 1.54) is 42.9 Å². The van der Waals surface area contributed by atoms with Gasteiger partial charge in [-0.1, -0.05) is 74.7 Å². The molecule has 1 aromatic heterocycles. The van der Waals surface area contributed by atoms with Gasteiger partial charge in [-0.3, -0.25) is 0 Å². The van der Waals surface area contributed by atoms with Crippen LogP contribution >= 0.6 is 0 Å². The standard InChI is InChI=1S/C19H36N2/c1-9-11-12-13-19(7,8)16-15(18(4,5)6)20-17(21-16)14(3)10-2/h14H,9-13H2,1-8H3,(H,20,21). The Bertz CT molecular complexity index is 435. The molecule has 1 heterocycles. The summed E-state index contributed by atoms with van der Waals surface area (Å²) in [6.45, 7) is 18.3. The first-order chi connectivity index (χ1) is 9.63. The first-order valence-electron chi connectivity index (χ1n) is 8.74. The quantitative estimate of drug-likeness (QED) is 0.606. The third-order valence-corrected chi connectivity index (χ3v) is 4.59. The lowest BCUT2D eigenvalue weighted by atomic mass is 9.78. The molecule has 1 rings (SSSR count). The third-order valence-electron chi connectivity index (χ3n) is 4.59. The lowest BCUT2D eigenvalue weighted by Gasteiger charge is -2.28. The van der Waals surface area contributed by atoms with Crippen LogP contribution in [-0.4, -0.2) is 9.97 Å². The molecule has 0 fully saturated rings. The smallest absolute Gasteiger partial charge is 0.109 e. The zero-order valence-electron chi connectivity index (χ0n) is 15.6. The van der Waals surface area contributed by atoms with Gasteiger partial charge in [-0.2, -0.15) is 0 Å². The number of aromatic amines is 1. The Morgan fingerprint density at radius 1 is 1.05 bits per heavy atom. The SMILES string of the molecule is CCCCCC(C)(C)c1[nH]c(C(C)CC)nc1C(C)(C)C. The van der Waals surface area contributed by atoms with Crippen LogP contribution in [0.2, 0.25) is 0 Å². The molecule has 122 valence electrons. The summed E-state index contributed by atoms with van der Waals surface area (Å²) in [4.78, 5) is 8.69. The number of hydrogen-bond acceptors (Lipinski definition) is 1. The minimum Gasteiger partial charge on any atom is -0.345 e. The van der Waals surface area contributed by atoms with Gasteiger partial charge in [-0.05, 0) is 12.8 Å². The van der Waals surface area contributed by atoms with Crippen LogP contribution in [0.5, 0.6) is 0 Å². The zero-order valence-corrected chi connectivity index (χ0v) is 15.6. The average molecular weight is 293 g/mol. The van der Waals surface area contributed by atoms with E-state index in [4.69, 9.17) is 4.98 Å². The van der Waals surface area contributed by atoms with E-state index in [1.807, 2.05) is 0 Å². The third kappa shape index (κ3) is 4.59. The molecule has 0 aliphatic rings. The molecule has 0 saturated heterocycles. The van der Waals surface area contributed by atoms with E-state index in [2.05, 4.69) is 60.4 Å². The molecule has 0 aliphatic carbocycles. The largest absolute Gasteiger partial charge is 0.345 e. The van der Waals surface area contributed by atoms with Gasteiger partial charge in [0, 0.05) is 22.4 Å². The molecule has 0 radical (unpaired) electrons. The molecule has 0 spiro atoms. The van der Waals surface area contributed by atoms with Crippen molar-refractivity contribution in [2.75, 3.05) is 0 Å². The summed E-state index contributed by atoms with van der Waals surface area (Å²) in [5, 5.41) is 0. The second-order valence-electron chi connectivity index (χ2n) is 8.25. The Balaban J connectivity index is 3.16. The van der Waals surface area contributed by atoms with Crippen molar-refractivity contribution in [3.63, 3.8) is 0 Å². The number of unbranched alkanes of at least 4 members (excludes halogenated alkanes) is 2. The topological polar surface area (TPSA) is 28.7 Å². The van der Waals surface area contributed by atoms with Gasteiger partial charge in [0.1, 0.15) is 5.82 Å². The predicted molar refractivity (Wildman–Crippen MR) is 93.2 cm³/mol. The van der Waals surface area contributed by atoms with Crippen molar-refractivity contribution < 1.29 is 0 Å². The highest BCUT2D eigenvalue weighted by atomic mass is 15.0. The van der Waals surface area contributed by atoms with Gasteiger partial charge >= 0.3 is 0 Å². The number of aromatic nitrogens is 2. The number of rotatable bonds is 7. The fourth-order valence-electron chi connectivity index (χ4n) is 2.79. The molecule has 21 heavy (non-hydrogen) atoms. The van der Waals surface area contributed by atoms with Crippen molar-refractivity contribution in [3.8, 4) is 0 Å². The van der Waals surface area contributed by atoms with Crippen LogP contribution in [0, 0.1) is 0 Å². The molecule has 1 atom stereocenters. The molecule has 0 aliphatic heterocycles. The minimum absolute atomic E-state index is 0.0968. The summed E-state index contributed by atoms with van der Waals surface area (Å²) < 4.78 is 0. The van der Waals surface area contributed by atoms with Crippen molar-refractivity contribution >= 4 is 0 Å². The fourth-order valence-corrected chi connectivity index (χ4v) is 2.79. The van der Waals surface area contributed by atoms with Crippen molar-refractivity contribution in [1.29, 1.82) is 0 Å². The van der Waals surface area contributed by atoms with Crippen LogP contribution in [0.1, 0.15) is 111 Å². The van der Waals surface area contributed by atoms with Gasteiger partial charge in [0.25, 0.3) is 0 Å². The summed E-state index contributed by atoms with van der Waals surface area (Å²) in [7, 11) is 0. The van der Waals surface area contributed by atoms with Crippen LogP contribution in [0.4, 0.5) is 0 Å². The summed E-state index contributed by atoms with van der Waals surface area (Å²) in [5.74, 6) is 1.67.